The predicted octanol–water partition coefficient (Wildman–Crippen LogP) is 3.41. The Balaban J connectivity index is 2.10. The summed E-state index contributed by atoms with van der Waals surface area (Å²) in [4.78, 5) is 12.0. The molecule has 3 N–H and O–H groups in total. The highest BCUT2D eigenvalue weighted by Gasteiger charge is 2.09. The lowest BCUT2D eigenvalue weighted by Gasteiger charge is -2.08. The number of carbonyl (C=O) groups is 1. The van der Waals surface area contributed by atoms with Crippen molar-refractivity contribution < 1.29 is 9.18 Å². The molecule has 0 bridgehead atoms. The Kier molecular flexibility index (Phi) is 4.39. The minimum absolute atomic E-state index is 0.123. The molecule has 0 aliphatic carbocycles. The van der Waals surface area contributed by atoms with Gasteiger partial charge in [0, 0.05) is 27.8 Å². The Hall–Kier alpha value is -1.88. The zero-order chi connectivity index (χ0) is 14.7. The maximum atomic E-state index is 13.6. The maximum Gasteiger partial charge on any atom is 0.251 e. The number of aryl methyl sites for hydroxylation is 1. The van der Waals surface area contributed by atoms with Crippen molar-refractivity contribution in [2.24, 2.45) is 0 Å². The third-order valence-electron chi connectivity index (χ3n) is 2.81. The van der Waals surface area contributed by atoms with Crippen molar-refractivity contribution in [1.29, 1.82) is 0 Å². The van der Waals surface area contributed by atoms with Crippen LogP contribution in [0.3, 0.4) is 0 Å². The van der Waals surface area contributed by atoms with E-state index in [1.54, 1.807) is 30.3 Å². The van der Waals surface area contributed by atoms with E-state index in [0.717, 1.165) is 10.0 Å². The summed E-state index contributed by atoms with van der Waals surface area (Å²) in [6, 6.07) is 9.73. The molecule has 20 heavy (non-hydrogen) atoms. The van der Waals surface area contributed by atoms with Crippen LogP contribution in [0.1, 0.15) is 21.5 Å². The van der Waals surface area contributed by atoms with E-state index >= 15 is 0 Å². The minimum atomic E-state index is -0.350. The fourth-order valence-electron chi connectivity index (χ4n) is 1.90. The fraction of sp³-hybridized carbons (Fsp3) is 0.133. The molecule has 0 saturated heterocycles. The molecule has 2 aromatic carbocycles. The van der Waals surface area contributed by atoms with E-state index in [9.17, 15) is 9.18 Å². The second-order valence-corrected chi connectivity index (χ2v) is 5.47. The molecule has 0 fully saturated rings. The van der Waals surface area contributed by atoms with Gasteiger partial charge in [-0.05, 0) is 48.9 Å². The molecule has 0 heterocycles. The Labute approximate surface area is 125 Å². The van der Waals surface area contributed by atoms with Crippen molar-refractivity contribution >= 4 is 27.5 Å². The Morgan fingerprint density at radius 3 is 2.75 bits per heavy atom. The Bertz CT molecular complexity index is 638. The first kappa shape index (κ1) is 14.5. The summed E-state index contributed by atoms with van der Waals surface area (Å²) in [6.07, 6.45) is 0. The molecule has 0 spiro atoms. The first-order valence-electron chi connectivity index (χ1n) is 6.05. The Morgan fingerprint density at radius 2 is 2.05 bits per heavy atom. The first-order valence-corrected chi connectivity index (χ1v) is 6.84. The lowest BCUT2D eigenvalue weighted by molar-refractivity contribution is 0.0950. The smallest absolute Gasteiger partial charge is 0.251 e. The van der Waals surface area contributed by atoms with Crippen LogP contribution in [-0.2, 0) is 6.54 Å². The molecule has 2 rings (SSSR count). The van der Waals surface area contributed by atoms with Crippen LogP contribution in [-0.4, -0.2) is 5.91 Å². The molecule has 3 nitrogen and oxygen atoms in total. The zero-order valence-electron chi connectivity index (χ0n) is 10.9. The molecule has 0 aromatic heterocycles. The molecule has 0 saturated carbocycles. The molecular weight excluding hydrogens is 323 g/mol. The van der Waals surface area contributed by atoms with E-state index in [1.807, 2.05) is 6.92 Å². The lowest BCUT2D eigenvalue weighted by Crippen LogP contribution is -2.23. The second-order valence-electron chi connectivity index (χ2n) is 4.55. The molecule has 0 atom stereocenters. The number of nitrogen functional groups attached to an aromatic ring is 1. The summed E-state index contributed by atoms with van der Waals surface area (Å²) in [6.45, 7) is 1.99. The van der Waals surface area contributed by atoms with Crippen molar-refractivity contribution in [2.45, 2.75) is 13.5 Å². The summed E-state index contributed by atoms with van der Waals surface area (Å²) < 4.78 is 14.3. The van der Waals surface area contributed by atoms with Crippen LogP contribution in [0.25, 0.3) is 0 Å². The van der Waals surface area contributed by atoms with Crippen molar-refractivity contribution in [2.75, 3.05) is 5.73 Å². The second kappa shape index (κ2) is 6.05. The number of nitrogens with one attached hydrogen (secondary N) is 1. The van der Waals surface area contributed by atoms with Crippen molar-refractivity contribution in [3.05, 3.63) is 63.4 Å². The molecule has 2 aromatic rings. The van der Waals surface area contributed by atoms with Crippen LogP contribution in [0.4, 0.5) is 10.1 Å². The van der Waals surface area contributed by atoms with Gasteiger partial charge in [0.15, 0.2) is 0 Å². The highest BCUT2D eigenvalue weighted by atomic mass is 79.9. The number of benzene rings is 2. The third-order valence-corrected chi connectivity index (χ3v) is 3.30. The van der Waals surface area contributed by atoms with Crippen LogP contribution in [0, 0.1) is 12.7 Å². The number of anilines is 1. The molecule has 5 heteroatoms. The first-order chi connectivity index (χ1) is 9.45. The topological polar surface area (TPSA) is 55.1 Å². The number of hydrogen-bond acceptors (Lipinski definition) is 2. The SMILES string of the molecule is Cc1cc(N)cc(C(=O)NCc2cc(Br)ccc2F)c1. The number of nitrogens with two attached hydrogens (primary N) is 1. The van der Waals surface area contributed by atoms with Gasteiger partial charge >= 0.3 is 0 Å². The average Bonchev–Trinajstić information content (AvgIpc) is 2.38. The largest absolute Gasteiger partial charge is 0.399 e. The van der Waals surface area contributed by atoms with Gasteiger partial charge < -0.3 is 11.1 Å². The summed E-state index contributed by atoms with van der Waals surface area (Å²) in [5.41, 5.74) is 8.03. The number of hydrogen-bond donors (Lipinski definition) is 2. The van der Waals surface area contributed by atoms with Crippen molar-refractivity contribution in [3.63, 3.8) is 0 Å². The number of rotatable bonds is 3. The number of halogens is 2. The van der Waals surface area contributed by atoms with Gasteiger partial charge in [-0.15, -0.1) is 0 Å². The van der Waals surface area contributed by atoms with Crippen LogP contribution >= 0.6 is 15.9 Å². The average molecular weight is 337 g/mol. The van der Waals surface area contributed by atoms with Gasteiger partial charge in [-0.2, -0.15) is 0 Å². The lowest BCUT2D eigenvalue weighted by atomic mass is 10.1. The van der Waals surface area contributed by atoms with Crippen LogP contribution in [0.2, 0.25) is 0 Å². The van der Waals surface area contributed by atoms with Gasteiger partial charge in [0.2, 0.25) is 0 Å². The summed E-state index contributed by atoms with van der Waals surface area (Å²) in [5, 5.41) is 2.68. The van der Waals surface area contributed by atoms with Crippen LogP contribution in [0.15, 0.2) is 40.9 Å². The predicted molar refractivity (Wildman–Crippen MR) is 80.9 cm³/mol. The van der Waals surface area contributed by atoms with Gasteiger partial charge in [-0.1, -0.05) is 15.9 Å². The highest BCUT2D eigenvalue weighted by molar-refractivity contribution is 9.10. The van der Waals surface area contributed by atoms with Crippen molar-refractivity contribution in [3.8, 4) is 0 Å². The quantitative estimate of drug-likeness (QED) is 0.844. The summed E-state index contributed by atoms with van der Waals surface area (Å²) in [7, 11) is 0. The summed E-state index contributed by atoms with van der Waals surface area (Å²) >= 11 is 3.27. The molecule has 0 aliphatic rings. The standard InChI is InChI=1S/C15H14BrFN2O/c1-9-4-10(7-13(18)5-9)15(20)19-8-11-6-12(16)2-3-14(11)17/h2-7H,8,18H2,1H3,(H,19,20). The molecule has 0 unspecified atom stereocenters. The molecular formula is C15H14BrFN2O. The van der Waals surface area contributed by atoms with E-state index in [2.05, 4.69) is 21.2 Å². The van der Waals surface area contributed by atoms with Gasteiger partial charge in [0.25, 0.3) is 5.91 Å². The third kappa shape index (κ3) is 3.57. The van der Waals surface area contributed by atoms with Crippen LogP contribution in [0.5, 0.6) is 0 Å². The van der Waals surface area contributed by atoms with Gasteiger partial charge in [-0.25, -0.2) is 4.39 Å². The fourth-order valence-corrected chi connectivity index (χ4v) is 2.31. The van der Waals surface area contributed by atoms with E-state index in [1.165, 1.54) is 6.07 Å². The van der Waals surface area contributed by atoms with E-state index in [-0.39, 0.29) is 18.3 Å². The van der Waals surface area contributed by atoms with E-state index in [4.69, 9.17) is 5.73 Å². The highest BCUT2D eigenvalue weighted by Crippen LogP contribution is 2.16. The number of amides is 1. The molecule has 104 valence electrons. The zero-order valence-corrected chi connectivity index (χ0v) is 12.5. The Morgan fingerprint density at radius 1 is 1.30 bits per heavy atom. The van der Waals surface area contributed by atoms with Crippen LogP contribution < -0.4 is 11.1 Å². The monoisotopic (exact) mass is 336 g/mol. The van der Waals surface area contributed by atoms with E-state index in [0.29, 0.717) is 16.8 Å². The molecule has 0 aliphatic heterocycles. The summed E-state index contributed by atoms with van der Waals surface area (Å²) in [5.74, 6) is -0.628. The van der Waals surface area contributed by atoms with E-state index < -0.39 is 0 Å². The maximum absolute atomic E-state index is 13.6. The minimum Gasteiger partial charge on any atom is -0.399 e. The van der Waals surface area contributed by atoms with Crippen molar-refractivity contribution in [1.82, 2.24) is 5.32 Å². The molecule has 1 amide bonds. The molecule has 0 radical (unpaired) electrons. The van der Waals surface area contributed by atoms with Gasteiger partial charge in [0.05, 0.1) is 0 Å². The normalized spacial score (nSPS) is 10.3. The van der Waals surface area contributed by atoms with Gasteiger partial charge in [0.1, 0.15) is 5.82 Å². The van der Waals surface area contributed by atoms with Gasteiger partial charge in [-0.3, -0.25) is 4.79 Å². The number of carbonyl (C=O) groups excluding carboxylic acids is 1.